The zero-order valence-electron chi connectivity index (χ0n) is 11.2. The van der Waals surface area contributed by atoms with Crippen LogP contribution in [0.3, 0.4) is 0 Å². The molecule has 0 unspecified atom stereocenters. The fourth-order valence-electron chi connectivity index (χ4n) is 2.35. The standard InChI is InChI=1S/C13H22N4O/c1-3-13(2)4-6-16(7-5-13)12(18)10-17-9-11(14)8-15-17/h8-9H,3-7,10,14H2,1-2H3. The lowest BCUT2D eigenvalue weighted by atomic mass is 9.78. The highest BCUT2D eigenvalue weighted by atomic mass is 16.2. The molecule has 5 nitrogen and oxygen atoms in total. The normalized spacial score (nSPS) is 18.9. The van der Waals surface area contributed by atoms with Gasteiger partial charge in [-0.05, 0) is 18.3 Å². The SMILES string of the molecule is CCC1(C)CCN(C(=O)Cn2cc(N)cn2)CC1. The van der Waals surface area contributed by atoms with Crippen molar-refractivity contribution in [3.8, 4) is 0 Å². The molecule has 0 saturated carbocycles. The average molecular weight is 250 g/mol. The van der Waals surface area contributed by atoms with Crippen LogP contribution in [0.4, 0.5) is 5.69 Å². The van der Waals surface area contributed by atoms with Crippen LogP contribution in [0.5, 0.6) is 0 Å². The van der Waals surface area contributed by atoms with E-state index in [0.29, 0.717) is 17.6 Å². The summed E-state index contributed by atoms with van der Waals surface area (Å²) in [6.45, 7) is 6.55. The molecule has 0 aliphatic carbocycles. The minimum Gasteiger partial charge on any atom is -0.396 e. The van der Waals surface area contributed by atoms with Crippen LogP contribution < -0.4 is 5.73 Å². The Hall–Kier alpha value is -1.52. The highest BCUT2D eigenvalue weighted by Gasteiger charge is 2.30. The molecule has 1 saturated heterocycles. The van der Waals surface area contributed by atoms with E-state index in [9.17, 15) is 4.79 Å². The van der Waals surface area contributed by atoms with E-state index in [2.05, 4.69) is 18.9 Å². The number of nitrogens with two attached hydrogens (primary N) is 1. The first-order valence-corrected chi connectivity index (χ1v) is 6.58. The molecule has 2 rings (SSSR count). The predicted molar refractivity (Wildman–Crippen MR) is 70.9 cm³/mol. The number of amides is 1. The van der Waals surface area contributed by atoms with E-state index in [1.54, 1.807) is 17.1 Å². The van der Waals surface area contributed by atoms with Crippen LogP contribution in [0.1, 0.15) is 33.1 Å². The van der Waals surface area contributed by atoms with Gasteiger partial charge in [-0.1, -0.05) is 20.3 Å². The number of piperidine rings is 1. The van der Waals surface area contributed by atoms with Gasteiger partial charge >= 0.3 is 0 Å². The quantitative estimate of drug-likeness (QED) is 0.884. The smallest absolute Gasteiger partial charge is 0.244 e. The molecule has 1 aliphatic heterocycles. The first kappa shape index (κ1) is 12.9. The van der Waals surface area contributed by atoms with Crippen molar-refractivity contribution in [1.29, 1.82) is 0 Å². The largest absolute Gasteiger partial charge is 0.396 e. The van der Waals surface area contributed by atoms with Gasteiger partial charge in [0.05, 0.1) is 11.9 Å². The molecule has 18 heavy (non-hydrogen) atoms. The number of nitrogen functional groups attached to an aromatic ring is 1. The highest BCUT2D eigenvalue weighted by Crippen LogP contribution is 2.33. The van der Waals surface area contributed by atoms with Crippen molar-refractivity contribution in [2.24, 2.45) is 5.41 Å². The molecule has 2 N–H and O–H groups in total. The van der Waals surface area contributed by atoms with Crippen LogP contribution >= 0.6 is 0 Å². The highest BCUT2D eigenvalue weighted by molar-refractivity contribution is 5.76. The molecule has 0 bridgehead atoms. The van der Waals surface area contributed by atoms with Gasteiger partial charge in [0.1, 0.15) is 6.54 Å². The summed E-state index contributed by atoms with van der Waals surface area (Å²) < 4.78 is 1.60. The fraction of sp³-hybridized carbons (Fsp3) is 0.692. The number of carbonyl (C=O) groups is 1. The Bertz CT molecular complexity index is 418. The minimum atomic E-state index is 0.135. The van der Waals surface area contributed by atoms with E-state index in [-0.39, 0.29) is 5.91 Å². The van der Waals surface area contributed by atoms with Gasteiger partial charge in [0.25, 0.3) is 0 Å². The molecular formula is C13H22N4O. The second-order valence-electron chi connectivity index (χ2n) is 5.52. The number of nitrogens with zero attached hydrogens (tertiary/aromatic N) is 3. The first-order chi connectivity index (χ1) is 8.52. The van der Waals surface area contributed by atoms with Crippen molar-refractivity contribution in [2.75, 3.05) is 18.8 Å². The van der Waals surface area contributed by atoms with Gasteiger partial charge in [0, 0.05) is 19.3 Å². The number of hydrogen-bond acceptors (Lipinski definition) is 3. The number of carbonyl (C=O) groups excluding carboxylic acids is 1. The fourth-order valence-corrected chi connectivity index (χ4v) is 2.35. The molecule has 1 amide bonds. The van der Waals surface area contributed by atoms with Crippen molar-refractivity contribution in [2.45, 2.75) is 39.7 Å². The van der Waals surface area contributed by atoms with Gasteiger partial charge in [-0.15, -0.1) is 0 Å². The van der Waals surface area contributed by atoms with Crippen LogP contribution in [0.15, 0.2) is 12.4 Å². The topological polar surface area (TPSA) is 64.2 Å². The minimum absolute atomic E-state index is 0.135. The summed E-state index contributed by atoms with van der Waals surface area (Å²) in [6.07, 6.45) is 6.63. The summed E-state index contributed by atoms with van der Waals surface area (Å²) in [5, 5.41) is 4.04. The summed E-state index contributed by atoms with van der Waals surface area (Å²) in [6, 6.07) is 0. The number of likely N-dealkylation sites (tertiary alicyclic amines) is 1. The van der Waals surface area contributed by atoms with Crippen molar-refractivity contribution in [1.82, 2.24) is 14.7 Å². The van der Waals surface area contributed by atoms with Crippen molar-refractivity contribution >= 4 is 11.6 Å². The molecular weight excluding hydrogens is 228 g/mol. The molecule has 100 valence electrons. The zero-order chi connectivity index (χ0) is 13.2. The first-order valence-electron chi connectivity index (χ1n) is 6.58. The lowest BCUT2D eigenvalue weighted by Crippen LogP contribution is -2.43. The van der Waals surface area contributed by atoms with E-state index in [1.165, 1.54) is 6.42 Å². The third-order valence-electron chi connectivity index (χ3n) is 4.13. The molecule has 1 fully saturated rings. The van der Waals surface area contributed by atoms with Gasteiger partial charge in [0.2, 0.25) is 5.91 Å². The number of hydrogen-bond donors (Lipinski definition) is 1. The summed E-state index contributed by atoms with van der Waals surface area (Å²) >= 11 is 0. The molecule has 0 spiro atoms. The van der Waals surface area contributed by atoms with Crippen LogP contribution in [0, 0.1) is 5.41 Å². The Balaban J connectivity index is 1.88. The molecule has 0 radical (unpaired) electrons. The van der Waals surface area contributed by atoms with E-state index in [1.807, 2.05) is 4.90 Å². The Morgan fingerprint density at radius 3 is 2.67 bits per heavy atom. The van der Waals surface area contributed by atoms with E-state index < -0.39 is 0 Å². The second-order valence-corrected chi connectivity index (χ2v) is 5.52. The number of anilines is 1. The Morgan fingerprint density at radius 1 is 1.50 bits per heavy atom. The Labute approximate surface area is 108 Å². The Morgan fingerprint density at radius 2 is 2.17 bits per heavy atom. The summed E-state index contributed by atoms with van der Waals surface area (Å²) in [5.41, 5.74) is 6.58. The maximum atomic E-state index is 12.1. The van der Waals surface area contributed by atoms with Crippen molar-refractivity contribution in [3.63, 3.8) is 0 Å². The maximum Gasteiger partial charge on any atom is 0.244 e. The molecule has 2 heterocycles. The summed E-state index contributed by atoms with van der Waals surface area (Å²) in [4.78, 5) is 14.0. The molecule has 5 heteroatoms. The molecule has 1 aromatic rings. The summed E-state index contributed by atoms with van der Waals surface area (Å²) in [5.74, 6) is 0.135. The van der Waals surface area contributed by atoms with E-state index in [0.717, 1.165) is 25.9 Å². The van der Waals surface area contributed by atoms with Crippen LogP contribution in [-0.4, -0.2) is 33.7 Å². The van der Waals surface area contributed by atoms with Gasteiger partial charge in [0.15, 0.2) is 0 Å². The van der Waals surface area contributed by atoms with Crippen molar-refractivity contribution in [3.05, 3.63) is 12.4 Å². The number of rotatable bonds is 3. The predicted octanol–water partition coefficient (Wildman–Crippen LogP) is 1.50. The van der Waals surface area contributed by atoms with Gasteiger partial charge < -0.3 is 10.6 Å². The van der Waals surface area contributed by atoms with Crippen molar-refractivity contribution < 1.29 is 4.79 Å². The molecule has 0 aromatic carbocycles. The number of aromatic nitrogens is 2. The Kier molecular flexibility index (Phi) is 3.59. The monoisotopic (exact) mass is 250 g/mol. The lowest BCUT2D eigenvalue weighted by molar-refractivity contribution is -0.134. The zero-order valence-corrected chi connectivity index (χ0v) is 11.2. The average Bonchev–Trinajstić information content (AvgIpc) is 2.75. The van der Waals surface area contributed by atoms with Gasteiger partial charge in [-0.2, -0.15) is 5.10 Å². The third kappa shape index (κ3) is 2.83. The third-order valence-corrected chi connectivity index (χ3v) is 4.13. The van der Waals surface area contributed by atoms with Gasteiger partial charge in [-0.25, -0.2) is 0 Å². The molecule has 0 atom stereocenters. The van der Waals surface area contributed by atoms with Crippen LogP contribution in [0.2, 0.25) is 0 Å². The second kappa shape index (κ2) is 5.00. The molecule has 1 aromatic heterocycles. The molecule has 1 aliphatic rings. The maximum absolute atomic E-state index is 12.1. The van der Waals surface area contributed by atoms with Crippen LogP contribution in [-0.2, 0) is 11.3 Å². The lowest BCUT2D eigenvalue weighted by Gasteiger charge is -2.38. The van der Waals surface area contributed by atoms with E-state index in [4.69, 9.17) is 5.73 Å². The van der Waals surface area contributed by atoms with Gasteiger partial charge in [-0.3, -0.25) is 9.48 Å². The van der Waals surface area contributed by atoms with Crippen LogP contribution in [0.25, 0.3) is 0 Å². The van der Waals surface area contributed by atoms with E-state index >= 15 is 0 Å². The summed E-state index contributed by atoms with van der Waals surface area (Å²) in [7, 11) is 0.